The molecule has 4 atom stereocenters. The molecule has 18 heavy (non-hydrogen) atoms. The molecule has 2 aliphatic heterocycles. The first kappa shape index (κ1) is 14.3. The predicted octanol–water partition coefficient (Wildman–Crippen LogP) is 1.02. The standard InChI is InChI=1S/C14H28N2O2/c1-3-5-16-14-10-17-9-13(14)8-15-7-12-4-6-18-11(12)2/h11-16H,3-10H2,1-2H3. The molecule has 2 fully saturated rings. The zero-order chi connectivity index (χ0) is 12.8. The minimum absolute atomic E-state index is 0.423. The molecule has 2 aliphatic rings. The van der Waals surface area contributed by atoms with Crippen LogP contribution in [0.15, 0.2) is 0 Å². The Labute approximate surface area is 111 Å². The Balaban J connectivity index is 1.63. The topological polar surface area (TPSA) is 42.5 Å². The number of hydrogen-bond acceptors (Lipinski definition) is 4. The van der Waals surface area contributed by atoms with Gasteiger partial charge in [-0.05, 0) is 32.2 Å². The van der Waals surface area contributed by atoms with Crippen molar-refractivity contribution in [2.45, 2.75) is 38.8 Å². The van der Waals surface area contributed by atoms with E-state index < -0.39 is 0 Å². The second kappa shape index (κ2) is 7.43. The third-order valence-corrected chi connectivity index (χ3v) is 4.20. The lowest BCUT2D eigenvalue weighted by molar-refractivity contribution is 0.105. The Bertz CT molecular complexity index is 238. The van der Waals surface area contributed by atoms with Crippen LogP contribution in [-0.4, -0.2) is 51.6 Å². The molecule has 106 valence electrons. The highest BCUT2D eigenvalue weighted by molar-refractivity contribution is 4.83. The molecule has 4 unspecified atom stereocenters. The van der Waals surface area contributed by atoms with E-state index >= 15 is 0 Å². The van der Waals surface area contributed by atoms with E-state index in [1.165, 1.54) is 12.8 Å². The second-order valence-corrected chi connectivity index (χ2v) is 5.64. The van der Waals surface area contributed by atoms with E-state index in [2.05, 4.69) is 24.5 Å². The molecule has 0 radical (unpaired) electrons. The van der Waals surface area contributed by atoms with Crippen LogP contribution in [0.1, 0.15) is 26.7 Å². The van der Waals surface area contributed by atoms with Gasteiger partial charge < -0.3 is 20.1 Å². The highest BCUT2D eigenvalue weighted by atomic mass is 16.5. The molecule has 0 spiro atoms. The third-order valence-electron chi connectivity index (χ3n) is 4.20. The molecular weight excluding hydrogens is 228 g/mol. The van der Waals surface area contributed by atoms with Gasteiger partial charge in [0.25, 0.3) is 0 Å². The first-order valence-corrected chi connectivity index (χ1v) is 7.44. The maximum Gasteiger partial charge on any atom is 0.0623 e. The van der Waals surface area contributed by atoms with Gasteiger partial charge in [-0.25, -0.2) is 0 Å². The quantitative estimate of drug-likeness (QED) is 0.713. The zero-order valence-corrected chi connectivity index (χ0v) is 11.8. The third kappa shape index (κ3) is 3.92. The van der Waals surface area contributed by atoms with Crippen LogP contribution < -0.4 is 10.6 Å². The summed E-state index contributed by atoms with van der Waals surface area (Å²) in [5.41, 5.74) is 0. The summed E-state index contributed by atoms with van der Waals surface area (Å²) in [6, 6.07) is 0.537. The van der Waals surface area contributed by atoms with Gasteiger partial charge in [-0.15, -0.1) is 0 Å². The normalized spacial score (nSPS) is 36.3. The van der Waals surface area contributed by atoms with Gasteiger partial charge in [0.15, 0.2) is 0 Å². The van der Waals surface area contributed by atoms with Crippen LogP contribution in [-0.2, 0) is 9.47 Å². The molecule has 2 rings (SSSR count). The van der Waals surface area contributed by atoms with E-state index in [-0.39, 0.29) is 0 Å². The lowest BCUT2D eigenvalue weighted by Crippen LogP contribution is -2.41. The summed E-state index contributed by atoms with van der Waals surface area (Å²) >= 11 is 0. The van der Waals surface area contributed by atoms with Crippen molar-refractivity contribution in [1.29, 1.82) is 0 Å². The average molecular weight is 256 g/mol. The Kier molecular flexibility index (Phi) is 5.89. The highest BCUT2D eigenvalue weighted by Crippen LogP contribution is 2.19. The minimum atomic E-state index is 0.423. The first-order valence-electron chi connectivity index (χ1n) is 7.44. The number of hydrogen-bond donors (Lipinski definition) is 2. The van der Waals surface area contributed by atoms with E-state index in [4.69, 9.17) is 9.47 Å². The van der Waals surface area contributed by atoms with Gasteiger partial charge >= 0.3 is 0 Å². The fraction of sp³-hybridized carbons (Fsp3) is 1.00. The molecular formula is C14H28N2O2. The van der Waals surface area contributed by atoms with Crippen LogP contribution >= 0.6 is 0 Å². The van der Waals surface area contributed by atoms with Crippen molar-refractivity contribution < 1.29 is 9.47 Å². The monoisotopic (exact) mass is 256 g/mol. The molecule has 0 saturated carbocycles. The largest absolute Gasteiger partial charge is 0.379 e. The van der Waals surface area contributed by atoms with Crippen molar-refractivity contribution >= 4 is 0 Å². The van der Waals surface area contributed by atoms with E-state index in [0.29, 0.717) is 24.0 Å². The van der Waals surface area contributed by atoms with Crippen LogP contribution in [0.2, 0.25) is 0 Å². The van der Waals surface area contributed by atoms with E-state index in [9.17, 15) is 0 Å². The van der Waals surface area contributed by atoms with Gasteiger partial charge in [0.2, 0.25) is 0 Å². The van der Waals surface area contributed by atoms with Gasteiger partial charge in [0, 0.05) is 31.7 Å². The number of ether oxygens (including phenoxy) is 2. The van der Waals surface area contributed by atoms with Crippen LogP contribution in [0.5, 0.6) is 0 Å². The SMILES string of the molecule is CCCNC1COCC1CNCC1CCOC1C. The molecule has 2 saturated heterocycles. The minimum Gasteiger partial charge on any atom is -0.379 e. The summed E-state index contributed by atoms with van der Waals surface area (Å²) in [6.45, 7) is 10.3. The number of nitrogens with one attached hydrogen (secondary N) is 2. The van der Waals surface area contributed by atoms with Gasteiger partial charge in [-0.3, -0.25) is 0 Å². The molecule has 0 bridgehead atoms. The second-order valence-electron chi connectivity index (χ2n) is 5.64. The maximum absolute atomic E-state index is 5.59. The molecule has 0 amide bonds. The van der Waals surface area contributed by atoms with Crippen molar-refractivity contribution in [3.63, 3.8) is 0 Å². The summed E-state index contributed by atoms with van der Waals surface area (Å²) < 4.78 is 11.2. The van der Waals surface area contributed by atoms with Crippen molar-refractivity contribution in [3.8, 4) is 0 Å². The summed E-state index contributed by atoms with van der Waals surface area (Å²) in [5, 5.41) is 7.18. The van der Waals surface area contributed by atoms with Gasteiger partial charge in [-0.2, -0.15) is 0 Å². The lowest BCUT2D eigenvalue weighted by atomic mass is 10.0. The average Bonchev–Trinajstić information content (AvgIpc) is 2.97. The molecule has 4 nitrogen and oxygen atoms in total. The summed E-state index contributed by atoms with van der Waals surface area (Å²) in [4.78, 5) is 0. The molecule has 4 heteroatoms. The summed E-state index contributed by atoms with van der Waals surface area (Å²) in [6.07, 6.45) is 2.81. The van der Waals surface area contributed by atoms with Gasteiger partial charge in [0.1, 0.15) is 0 Å². The molecule has 0 aromatic carbocycles. The van der Waals surface area contributed by atoms with E-state index in [1.54, 1.807) is 0 Å². The highest BCUT2D eigenvalue weighted by Gasteiger charge is 2.28. The van der Waals surface area contributed by atoms with Crippen molar-refractivity contribution in [2.75, 3.05) is 39.5 Å². The van der Waals surface area contributed by atoms with Crippen molar-refractivity contribution in [2.24, 2.45) is 11.8 Å². The van der Waals surface area contributed by atoms with Crippen LogP contribution in [0.3, 0.4) is 0 Å². The Morgan fingerprint density at radius 1 is 1.17 bits per heavy atom. The molecule has 2 heterocycles. The molecule has 2 N–H and O–H groups in total. The fourth-order valence-electron chi connectivity index (χ4n) is 2.85. The number of rotatable bonds is 7. The molecule has 0 aromatic rings. The van der Waals surface area contributed by atoms with E-state index in [1.807, 2.05) is 0 Å². The summed E-state index contributed by atoms with van der Waals surface area (Å²) in [5.74, 6) is 1.31. The smallest absolute Gasteiger partial charge is 0.0623 e. The zero-order valence-electron chi connectivity index (χ0n) is 11.8. The predicted molar refractivity (Wildman–Crippen MR) is 72.8 cm³/mol. The molecule has 0 aliphatic carbocycles. The van der Waals surface area contributed by atoms with Crippen LogP contribution in [0.25, 0.3) is 0 Å². The first-order chi connectivity index (χ1) is 8.81. The fourth-order valence-corrected chi connectivity index (χ4v) is 2.85. The van der Waals surface area contributed by atoms with Gasteiger partial charge in [0.05, 0.1) is 19.3 Å². The summed E-state index contributed by atoms with van der Waals surface area (Å²) in [7, 11) is 0. The van der Waals surface area contributed by atoms with Crippen LogP contribution in [0.4, 0.5) is 0 Å². The van der Waals surface area contributed by atoms with Gasteiger partial charge in [-0.1, -0.05) is 6.92 Å². The van der Waals surface area contributed by atoms with E-state index in [0.717, 1.165) is 39.5 Å². The van der Waals surface area contributed by atoms with Crippen molar-refractivity contribution in [3.05, 3.63) is 0 Å². The maximum atomic E-state index is 5.59. The van der Waals surface area contributed by atoms with Crippen LogP contribution in [0, 0.1) is 11.8 Å². The Hall–Kier alpha value is -0.160. The Morgan fingerprint density at radius 2 is 2.00 bits per heavy atom. The van der Waals surface area contributed by atoms with Crippen molar-refractivity contribution in [1.82, 2.24) is 10.6 Å². The molecule has 0 aromatic heterocycles. The Morgan fingerprint density at radius 3 is 2.72 bits per heavy atom. The lowest BCUT2D eigenvalue weighted by Gasteiger charge is -2.21.